The number of alkyl halides is 3. The number of hydrogen-bond acceptors (Lipinski definition) is 6. The van der Waals surface area contributed by atoms with Crippen molar-refractivity contribution in [3.8, 4) is 0 Å². The second-order valence-electron chi connectivity index (χ2n) is 2.37. The molecule has 0 radical (unpaired) electrons. The zero-order valence-electron chi connectivity index (χ0n) is 8.15. The molecule has 0 saturated carbocycles. The van der Waals surface area contributed by atoms with Crippen LogP contribution in [0.2, 0.25) is 0 Å². The first kappa shape index (κ1) is 15.7. The maximum absolute atomic E-state index is 11.8. The van der Waals surface area contributed by atoms with Gasteiger partial charge in [0.1, 0.15) is 6.61 Å². The molecule has 11 heteroatoms. The van der Waals surface area contributed by atoms with Crippen LogP contribution < -0.4 is 0 Å². The predicted octanol–water partition coefficient (Wildman–Crippen LogP) is 1.09. The first-order chi connectivity index (χ1) is 7.14. The Bertz CT molecular complexity index is 335. The molecule has 16 heavy (non-hydrogen) atoms. The van der Waals surface area contributed by atoms with Crippen LogP contribution in [0.15, 0.2) is 0 Å². The summed E-state index contributed by atoms with van der Waals surface area (Å²) in [6.45, 7) is -1.19. The molecule has 96 valence electrons. The van der Waals surface area contributed by atoms with Gasteiger partial charge >= 0.3 is 15.6 Å². The normalized spacial score (nSPS) is 14.3. The SMILES string of the molecule is COC(COS(=O)(=O)C(F)(F)F)(OC)P=O. The highest BCUT2D eigenvalue weighted by atomic mass is 32.2. The van der Waals surface area contributed by atoms with E-state index in [4.69, 9.17) is 0 Å². The fourth-order valence-electron chi connectivity index (χ4n) is 0.521. The van der Waals surface area contributed by atoms with Gasteiger partial charge in [0, 0.05) is 14.2 Å². The van der Waals surface area contributed by atoms with Gasteiger partial charge < -0.3 is 9.47 Å². The fraction of sp³-hybridized carbons (Fsp3) is 1.00. The van der Waals surface area contributed by atoms with E-state index in [-0.39, 0.29) is 0 Å². The standard InChI is InChI=1S/C5H8F3O6PS/c1-12-4(13-2,15-9)3-14-16(10,11)5(6,7)8/h3H2,1-2H3. The number of ether oxygens (including phenoxy) is 2. The molecule has 0 bridgehead atoms. The summed E-state index contributed by atoms with van der Waals surface area (Å²) in [6, 6.07) is 0. The summed E-state index contributed by atoms with van der Waals surface area (Å²) >= 11 is 0. The summed E-state index contributed by atoms with van der Waals surface area (Å²) in [4.78, 5) is 0. The topological polar surface area (TPSA) is 78.9 Å². The first-order valence-corrected chi connectivity index (χ1v) is 5.76. The molecule has 0 amide bonds. The van der Waals surface area contributed by atoms with Crippen molar-refractivity contribution in [1.82, 2.24) is 0 Å². The smallest absolute Gasteiger partial charge is 0.342 e. The molecule has 0 unspecified atom stereocenters. The van der Waals surface area contributed by atoms with E-state index in [9.17, 15) is 26.2 Å². The van der Waals surface area contributed by atoms with Crippen molar-refractivity contribution in [1.29, 1.82) is 0 Å². The zero-order chi connectivity index (χ0) is 13.0. The van der Waals surface area contributed by atoms with Gasteiger partial charge in [-0.3, -0.25) is 8.75 Å². The van der Waals surface area contributed by atoms with Crippen molar-refractivity contribution < 1.29 is 39.8 Å². The van der Waals surface area contributed by atoms with E-state index in [0.29, 0.717) is 0 Å². The van der Waals surface area contributed by atoms with Gasteiger partial charge in [-0.15, -0.1) is 0 Å². The Kier molecular flexibility index (Phi) is 5.27. The third-order valence-electron chi connectivity index (χ3n) is 1.46. The molecule has 6 nitrogen and oxygen atoms in total. The Morgan fingerprint density at radius 3 is 1.88 bits per heavy atom. The van der Waals surface area contributed by atoms with Crippen molar-refractivity contribution in [3.05, 3.63) is 0 Å². The third kappa shape index (κ3) is 3.63. The molecule has 0 atom stereocenters. The van der Waals surface area contributed by atoms with Crippen LogP contribution in [0.25, 0.3) is 0 Å². The van der Waals surface area contributed by atoms with Gasteiger partial charge in [-0.25, -0.2) is 0 Å². The first-order valence-electron chi connectivity index (χ1n) is 3.54. The molecule has 0 spiro atoms. The fourth-order valence-corrected chi connectivity index (χ4v) is 1.32. The molecule has 0 aromatic heterocycles. The lowest BCUT2D eigenvalue weighted by molar-refractivity contribution is -0.158. The van der Waals surface area contributed by atoms with Gasteiger partial charge in [0.05, 0.1) is 0 Å². The number of halogens is 3. The summed E-state index contributed by atoms with van der Waals surface area (Å²) in [5, 5.41) is 0. The van der Waals surface area contributed by atoms with Gasteiger partial charge in [0.2, 0.25) is 8.46 Å². The Hall–Kier alpha value is -0.280. The largest absolute Gasteiger partial charge is 0.523 e. The molecule has 0 rings (SSSR count). The minimum Gasteiger partial charge on any atom is -0.342 e. The summed E-state index contributed by atoms with van der Waals surface area (Å²) in [6.07, 6.45) is 0. The summed E-state index contributed by atoms with van der Waals surface area (Å²) in [7, 11) is -4.70. The Morgan fingerprint density at radius 2 is 1.62 bits per heavy atom. The van der Waals surface area contributed by atoms with Crippen LogP contribution in [0, 0.1) is 0 Å². The highest BCUT2D eigenvalue weighted by Gasteiger charge is 2.49. The molecule has 0 aliphatic heterocycles. The summed E-state index contributed by atoms with van der Waals surface area (Å²) in [5.41, 5.74) is -7.64. The van der Waals surface area contributed by atoms with Crippen LogP contribution in [0.4, 0.5) is 13.2 Å². The van der Waals surface area contributed by atoms with E-state index in [1.54, 1.807) is 0 Å². The second-order valence-corrected chi connectivity index (χ2v) is 4.85. The molecule has 0 aromatic rings. The molecule has 0 aromatic carbocycles. The van der Waals surface area contributed by atoms with Gasteiger partial charge in [-0.05, 0) is 0 Å². The molecule has 0 heterocycles. The maximum atomic E-state index is 11.8. The van der Waals surface area contributed by atoms with Crippen LogP contribution >= 0.6 is 8.46 Å². The van der Waals surface area contributed by atoms with Crippen LogP contribution in [0.1, 0.15) is 0 Å². The summed E-state index contributed by atoms with van der Waals surface area (Å²) < 4.78 is 79.6. The van der Waals surface area contributed by atoms with Crippen LogP contribution in [0.5, 0.6) is 0 Å². The van der Waals surface area contributed by atoms with Crippen molar-refractivity contribution in [2.75, 3.05) is 20.8 Å². The predicted molar refractivity (Wildman–Crippen MR) is 45.3 cm³/mol. The van der Waals surface area contributed by atoms with Crippen molar-refractivity contribution >= 4 is 18.6 Å². The molecule has 0 aliphatic carbocycles. The van der Waals surface area contributed by atoms with Crippen molar-refractivity contribution in [2.45, 2.75) is 11.0 Å². The molecular weight excluding hydrogens is 276 g/mol. The lowest BCUT2D eigenvalue weighted by atomic mass is 10.7. The van der Waals surface area contributed by atoms with E-state index in [1.807, 2.05) is 0 Å². The molecule has 0 fully saturated rings. The number of hydrogen-bond donors (Lipinski definition) is 0. The number of rotatable bonds is 6. The number of methoxy groups -OCH3 is 2. The van der Waals surface area contributed by atoms with Gasteiger partial charge in [-0.2, -0.15) is 21.6 Å². The van der Waals surface area contributed by atoms with Crippen molar-refractivity contribution in [3.63, 3.8) is 0 Å². The van der Waals surface area contributed by atoms with Gasteiger partial charge in [0.15, 0.2) is 0 Å². The van der Waals surface area contributed by atoms with E-state index >= 15 is 0 Å². The van der Waals surface area contributed by atoms with E-state index in [0.717, 1.165) is 14.2 Å². The second kappa shape index (κ2) is 5.37. The minimum absolute atomic E-state index is 0.873. The van der Waals surface area contributed by atoms with Crippen molar-refractivity contribution in [2.24, 2.45) is 0 Å². The van der Waals surface area contributed by atoms with Gasteiger partial charge in [0.25, 0.3) is 5.53 Å². The molecule has 0 N–H and O–H groups in total. The zero-order valence-corrected chi connectivity index (χ0v) is 9.86. The molecule has 0 saturated heterocycles. The average Bonchev–Trinajstić information content (AvgIpc) is 2.19. The molecular formula is C5H8F3O6PS. The highest BCUT2D eigenvalue weighted by molar-refractivity contribution is 7.87. The van der Waals surface area contributed by atoms with Gasteiger partial charge in [-0.1, -0.05) is 0 Å². The van der Waals surface area contributed by atoms with Crippen LogP contribution in [-0.4, -0.2) is 40.3 Å². The quantitative estimate of drug-likeness (QED) is 0.314. The summed E-state index contributed by atoms with van der Waals surface area (Å²) in [5.74, 6) is 0. The lowest BCUT2D eigenvalue weighted by Crippen LogP contribution is -2.36. The van der Waals surface area contributed by atoms with E-state index in [2.05, 4.69) is 13.7 Å². The van der Waals surface area contributed by atoms with Crippen LogP contribution in [-0.2, 0) is 28.3 Å². The van der Waals surface area contributed by atoms with E-state index in [1.165, 1.54) is 0 Å². The Morgan fingerprint density at radius 1 is 1.19 bits per heavy atom. The lowest BCUT2D eigenvalue weighted by Gasteiger charge is -2.22. The average molecular weight is 284 g/mol. The van der Waals surface area contributed by atoms with E-state index < -0.39 is 36.2 Å². The Labute approximate surface area is 91.0 Å². The highest BCUT2D eigenvalue weighted by Crippen LogP contribution is 2.30. The third-order valence-corrected chi connectivity index (χ3v) is 3.22. The monoisotopic (exact) mass is 284 g/mol. The van der Waals surface area contributed by atoms with Crippen LogP contribution in [0.3, 0.4) is 0 Å². The maximum Gasteiger partial charge on any atom is 0.523 e. The Balaban J connectivity index is 4.74. The minimum atomic E-state index is -5.76. The molecule has 0 aliphatic rings.